The average Bonchev–Trinajstić information content (AvgIpc) is 2.52. The van der Waals surface area contributed by atoms with Crippen LogP contribution in [-0.2, 0) is 4.74 Å². The highest BCUT2D eigenvalue weighted by atomic mass is 79.9. The molecule has 2 heterocycles. The van der Waals surface area contributed by atoms with Crippen LogP contribution in [0.3, 0.4) is 0 Å². The lowest BCUT2D eigenvalue weighted by Crippen LogP contribution is -2.46. The summed E-state index contributed by atoms with van der Waals surface area (Å²) in [6.45, 7) is 9.21. The fraction of sp³-hybridized carbons (Fsp3) is 0.667. The Hall–Kier alpha value is -1.30. The van der Waals surface area contributed by atoms with E-state index in [0.29, 0.717) is 17.1 Å². The molecule has 6 heteroatoms. The summed E-state index contributed by atoms with van der Waals surface area (Å²) in [6.07, 6.45) is 4.45. The molecule has 2 rings (SSSR count). The highest BCUT2D eigenvalue weighted by Crippen LogP contribution is 2.29. The van der Waals surface area contributed by atoms with Crippen molar-refractivity contribution in [2.24, 2.45) is 5.92 Å². The third-order valence-electron chi connectivity index (χ3n) is 4.04. The predicted molar refractivity (Wildman–Crippen MR) is 97.2 cm³/mol. The Morgan fingerprint density at radius 1 is 1.50 bits per heavy atom. The number of rotatable bonds is 4. The molecule has 5 nitrogen and oxygen atoms in total. The Balaban J connectivity index is 2.01. The molecule has 1 aromatic heterocycles. The second-order valence-electron chi connectivity index (χ2n) is 7.19. The molecular formula is C18H27BrN2O3. The molecule has 0 aliphatic carbocycles. The SMILES string of the molecule is CCC(Oc1cccnc1Br)[C@H]1CCCN(C(=O)OC(C)(C)C)C1. The Labute approximate surface area is 152 Å². The number of aromatic nitrogens is 1. The Morgan fingerprint density at radius 3 is 2.88 bits per heavy atom. The minimum Gasteiger partial charge on any atom is -0.487 e. The number of halogens is 1. The maximum Gasteiger partial charge on any atom is 0.410 e. The summed E-state index contributed by atoms with van der Waals surface area (Å²) >= 11 is 3.43. The van der Waals surface area contributed by atoms with E-state index in [1.807, 2.05) is 37.8 Å². The fourth-order valence-electron chi connectivity index (χ4n) is 2.94. The van der Waals surface area contributed by atoms with Crippen LogP contribution in [0.5, 0.6) is 5.75 Å². The van der Waals surface area contributed by atoms with E-state index >= 15 is 0 Å². The van der Waals surface area contributed by atoms with Gasteiger partial charge in [-0.3, -0.25) is 0 Å². The van der Waals surface area contributed by atoms with Crippen molar-refractivity contribution in [2.45, 2.75) is 58.7 Å². The third kappa shape index (κ3) is 5.36. The Bertz CT molecular complexity index is 559. The molecule has 1 unspecified atom stereocenters. The van der Waals surface area contributed by atoms with E-state index in [-0.39, 0.29) is 12.2 Å². The molecule has 1 saturated heterocycles. The zero-order valence-corrected chi connectivity index (χ0v) is 16.5. The molecule has 0 saturated carbocycles. The van der Waals surface area contributed by atoms with Crippen LogP contribution >= 0.6 is 15.9 Å². The van der Waals surface area contributed by atoms with Crippen LogP contribution in [0, 0.1) is 5.92 Å². The molecule has 1 aromatic rings. The Morgan fingerprint density at radius 2 is 2.25 bits per heavy atom. The van der Waals surface area contributed by atoms with Crippen LogP contribution in [-0.4, -0.2) is 40.8 Å². The van der Waals surface area contributed by atoms with Crippen LogP contribution < -0.4 is 4.74 Å². The first-order valence-corrected chi connectivity index (χ1v) is 9.34. The van der Waals surface area contributed by atoms with Crippen molar-refractivity contribution in [1.82, 2.24) is 9.88 Å². The predicted octanol–water partition coefficient (Wildman–Crippen LogP) is 4.65. The zero-order chi connectivity index (χ0) is 17.7. The van der Waals surface area contributed by atoms with Gasteiger partial charge in [-0.2, -0.15) is 0 Å². The van der Waals surface area contributed by atoms with Crippen molar-refractivity contribution < 1.29 is 14.3 Å². The third-order valence-corrected chi connectivity index (χ3v) is 4.64. The van der Waals surface area contributed by atoms with Gasteiger partial charge in [0, 0.05) is 25.2 Å². The van der Waals surface area contributed by atoms with Crippen molar-refractivity contribution in [3.05, 3.63) is 22.9 Å². The molecule has 24 heavy (non-hydrogen) atoms. The molecule has 1 fully saturated rings. The lowest BCUT2D eigenvalue weighted by Gasteiger charge is -2.37. The van der Waals surface area contributed by atoms with Crippen LogP contribution in [0.25, 0.3) is 0 Å². The van der Waals surface area contributed by atoms with Crippen LogP contribution in [0.15, 0.2) is 22.9 Å². The van der Waals surface area contributed by atoms with Crippen molar-refractivity contribution in [2.75, 3.05) is 13.1 Å². The summed E-state index contributed by atoms with van der Waals surface area (Å²) in [7, 11) is 0. The number of nitrogens with zero attached hydrogens (tertiary/aromatic N) is 2. The first-order chi connectivity index (χ1) is 11.3. The molecule has 0 bridgehead atoms. The van der Waals surface area contributed by atoms with Crippen molar-refractivity contribution in [1.29, 1.82) is 0 Å². The Kier molecular flexibility index (Phi) is 6.49. The van der Waals surface area contributed by atoms with Crippen molar-refractivity contribution >= 4 is 22.0 Å². The minimum atomic E-state index is -0.467. The first-order valence-electron chi connectivity index (χ1n) is 8.55. The highest BCUT2D eigenvalue weighted by Gasteiger charge is 2.32. The molecule has 0 radical (unpaired) electrons. The standard InChI is InChI=1S/C18H27BrN2O3/c1-5-14(23-15-9-6-10-20-16(15)19)13-8-7-11-21(12-13)17(22)24-18(2,3)4/h6,9-10,13-14H,5,7-8,11-12H2,1-4H3/t13-,14?/m0/s1. The minimum absolute atomic E-state index is 0.0516. The topological polar surface area (TPSA) is 51.7 Å². The van der Waals surface area contributed by atoms with Crippen molar-refractivity contribution in [3.63, 3.8) is 0 Å². The summed E-state index contributed by atoms with van der Waals surface area (Å²) in [5, 5.41) is 0. The van der Waals surface area contributed by atoms with Gasteiger partial charge in [0.15, 0.2) is 5.75 Å². The van der Waals surface area contributed by atoms with E-state index in [2.05, 4.69) is 27.8 Å². The fourth-order valence-corrected chi connectivity index (χ4v) is 3.28. The normalized spacial score (nSPS) is 19.7. The molecule has 1 aliphatic heterocycles. The monoisotopic (exact) mass is 398 g/mol. The lowest BCUT2D eigenvalue weighted by atomic mass is 9.91. The van der Waals surface area contributed by atoms with Gasteiger partial charge < -0.3 is 14.4 Å². The number of amides is 1. The van der Waals surface area contributed by atoms with Gasteiger partial charge in [0.2, 0.25) is 0 Å². The number of hydrogen-bond donors (Lipinski definition) is 0. The van der Waals surface area contributed by atoms with Gasteiger partial charge in [0.25, 0.3) is 0 Å². The highest BCUT2D eigenvalue weighted by molar-refractivity contribution is 9.10. The zero-order valence-electron chi connectivity index (χ0n) is 14.9. The van der Waals surface area contributed by atoms with Crippen LogP contribution in [0.4, 0.5) is 4.79 Å². The maximum atomic E-state index is 12.3. The smallest absolute Gasteiger partial charge is 0.410 e. The average molecular weight is 399 g/mol. The first kappa shape index (κ1) is 19.0. The van der Waals surface area contributed by atoms with E-state index in [1.54, 1.807) is 6.20 Å². The molecular weight excluding hydrogens is 372 g/mol. The number of piperidine rings is 1. The second kappa shape index (κ2) is 8.19. The second-order valence-corrected chi connectivity index (χ2v) is 7.94. The van der Waals surface area contributed by atoms with E-state index in [0.717, 1.165) is 31.6 Å². The van der Waals surface area contributed by atoms with Crippen LogP contribution in [0.1, 0.15) is 47.0 Å². The van der Waals surface area contributed by atoms with Crippen LogP contribution in [0.2, 0.25) is 0 Å². The van der Waals surface area contributed by atoms with Gasteiger partial charge in [-0.1, -0.05) is 6.92 Å². The number of carbonyl (C=O) groups excluding carboxylic acids is 1. The summed E-state index contributed by atoms with van der Waals surface area (Å²) in [4.78, 5) is 18.3. The van der Waals surface area contributed by atoms with Crippen molar-refractivity contribution in [3.8, 4) is 5.75 Å². The number of ether oxygens (including phenoxy) is 2. The van der Waals surface area contributed by atoms with Gasteiger partial charge >= 0.3 is 6.09 Å². The summed E-state index contributed by atoms with van der Waals surface area (Å²) in [6, 6.07) is 3.77. The molecule has 2 atom stereocenters. The lowest BCUT2D eigenvalue weighted by molar-refractivity contribution is 0.00568. The molecule has 134 valence electrons. The van der Waals surface area contributed by atoms with E-state index in [4.69, 9.17) is 9.47 Å². The van der Waals surface area contributed by atoms with E-state index in [9.17, 15) is 4.79 Å². The number of carbonyl (C=O) groups is 1. The van der Waals surface area contributed by atoms with Gasteiger partial charge in [-0.05, 0) is 68.1 Å². The van der Waals surface area contributed by atoms with E-state index in [1.165, 1.54) is 0 Å². The quantitative estimate of drug-likeness (QED) is 0.692. The summed E-state index contributed by atoms with van der Waals surface area (Å²) in [5.74, 6) is 1.04. The molecule has 0 N–H and O–H groups in total. The van der Waals surface area contributed by atoms with Gasteiger partial charge in [0.1, 0.15) is 16.3 Å². The molecule has 0 spiro atoms. The molecule has 1 amide bonds. The number of likely N-dealkylation sites (tertiary alicyclic amines) is 1. The maximum absolute atomic E-state index is 12.3. The van der Waals surface area contributed by atoms with Gasteiger partial charge in [-0.25, -0.2) is 9.78 Å². The van der Waals surface area contributed by atoms with Gasteiger partial charge in [-0.15, -0.1) is 0 Å². The van der Waals surface area contributed by atoms with E-state index < -0.39 is 5.60 Å². The molecule has 0 aromatic carbocycles. The number of hydrogen-bond acceptors (Lipinski definition) is 4. The van der Waals surface area contributed by atoms with Gasteiger partial charge in [0.05, 0.1) is 0 Å². The molecule has 1 aliphatic rings. The largest absolute Gasteiger partial charge is 0.487 e. The number of pyridine rings is 1. The summed E-state index contributed by atoms with van der Waals surface area (Å²) in [5.41, 5.74) is -0.467. The summed E-state index contributed by atoms with van der Waals surface area (Å²) < 4.78 is 12.4.